The summed E-state index contributed by atoms with van der Waals surface area (Å²) in [5.74, 6) is 0. The van der Waals surface area contributed by atoms with Gasteiger partial charge in [0.05, 0.1) is 0 Å². The molecule has 0 N–H and O–H groups in total. The lowest BCUT2D eigenvalue weighted by atomic mass is 10.9. The van der Waals surface area contributed by atoms with E-state index < -0.39 is 15.4 Å². The smallest absolute Gasteiger partial charge is 0.296 e. The molecular formula is C5H5FN2O2S. The number of rotatable bonds is 2. The minimum Gasteiger partial charge on any atom is -0.296 e. The predicted octanol–water partition coefficient (Wildman–Crippen LogP) is 0.642. The topological polar surface area (TPSA) is 52.0 Å². The van der Waals surface area contributed by atoms with Gasteiger partial charge in [0.25, 0.3) is 5.16 Å². The van der Waals surface area contributed by atoms with Crippen LogP contribution in [-0.2, 0) is 10.2 Å². The normalized spacial score (nSPS) is 11.4. The molecule has 0 atom stereocenters. The third-order valence-electron chi connectivity index (χ3n) is 1.05. The van der Waals surface area contributed by atoms with Crippen LogP contribution in [0.3, 0.4) is 0 Å². The molecule has 6 heteroatoms. The molecule has 0 aromatic carbocycles. The third-order valence-corrected chi connectivity index (χ3v) is 1.80. The van der Waals surface area contributed by atoms with Crippen molar-refractivity contribution in [1.82, 2.24) is 9.55 Å². The molecule has 0 saturated heterocycles. The Kier molecular flexibility index (Phi) is 1.77. The summed E-state index contributed by atoms with van der Waals surface area (Å²) < 4.78 is 33.8. The molecule has 1 heterocycles. The molecule has 0 aliphatic rings. The minimum absolute atomic E-state index is 0.646. The van der Waals surface area contributed by atoms with E-state index in [1.54, 1.807) is 0 Å². The van der Waals surface area contributed by atoms with Crippen molar-refractivity contribution in [2.24, 2.45) is 0 Å². The van der Waals surface area contributed by atoms with E-state index in [0.717, 1.165) is 10.8 Å². The van der Waals surface area contributed by atoms with E-state index in [2.05, 4.69) is 11.6 Å². The molecule has 1 aromatic rings. The van der Waals surface area contributed by atoms with Crippen LogP contribution in [0.1, 0.15) is 0 Å². The largest absolute Gasteiger partial charge is 0.366 e. The molecule has 1 rings (SSSR count). The standard InChI is InChI=1S/C5H5FN2O2S/c1-2-8-4-3-7-5(8)11(6,9)10/h2-4H,1H2. The lowest BCUT2D eigenvalue weighted by molar-refractivity contribution is 0.540. The van der Waals surface area contributed by atoms with Crippen LogP contribution in [0.15, 0.2) is 24.1 Å². The van der Waals surface area contributed by atoms with E-state index in [4.69, 9.17) is 0 Å². The zero-order valence-corrected chi connectivity index (χ0v) is 6.25. The van der Waals surface area contributed by atoms with Gasteiger partial charge in [0, 0.05) is 18.6 Å². The average molecular weight is 176 g/mol. The summed E-state index contributed by atoms with van der Waals surface area (Å²) in [6.45, 7) is 3.27. The van der Waals surface area contributed by atoms with Crippen molar-refractivity contribution in [3.05, 3.63) is 19.0 Å². The first-order valence-corrected chi connectivity index (χ1v) is 4.04. The fraction of sp³-hybridized carbons (Fsp3) is 0. The molecule has 1 aromatic heterocycles. The van der Waals surface area contributed by atoms with Crippen molar-refractivity contribution in [3.8, 4) is 0 Å². The van der Waals surface area contributed by atoms with E-state index >= 15 is 0 Å². The van der Waals surface area contributed by atoms with Crippen LogP contribution in [0, 0.1) is 0 Å². The minimum atomic E-state index is -4.72. The van der Waals surface area contributed by atoms with E-state index in [-0.39, 0.29) is 0 Å². The third kappa shape index (κ3) is 1.45. The molecule has 4 nitrogen and oxygen atoms in total. The summed E-state index contributed by atoms with van der Waals surface area (Å²) in [7, 11) is -4.72. The maximum absolute atomic E-state index is 12.2. The zero-order valence-electron chi connectivity index (χ0n) is 5.44. The monoisotopic (exact) mass is 176 g/mol. The highest BCUT2D eigenvalue weighted by Crippen LogP contribution is 2.08. The van der Waals surface area contributed by atoms with Crippen molar-refractivity contribution in [2.45, 2.75) is 5.16 Å². The molecule has 0 aliphatic carbocycles. The van der Waals surface area contributed by atoms with Crippen LogP contribution in [0.25, 0.3) is 6.20 Å². The lowest BCUT2D eigenvalue weighted by Crippen LogP contribution is -2.00. The molecule has 0 unspecified atom stereocenters. The summed E-state index contributed by atoms with van der Waals surface area (Å²) in [6, 6.07) is 0. The second-order valence-electron chi connectivity index (χ2n) is 1.74. The number of halogens is 1. The fourth-order valence-corrected chi connectivity index (χ4v) is 1.20. The van der Waals surface area contributed by atoms with E-state index in [1.165, 1.54) is 12.4 Å². The highest BCUT2D eigenvalue weighted by Gasteiger charge is 2.17. The second kappa shape index (κ2) is 2.46. The summed E-state index contributed by atoms with van der Waals surface area (Å²) in [5, 5.41) is -0.646. The average Bonchev–Trinajstić information content (AvgIpc) is 2.31. The van der Waals surface area contributed by atoms with Gasteiger partial charge >= 0.3 is 10.2 Å². The number of imidazole rings is 1. The van der Waals surface area contributed by atoms with Gasteiger partial charge < -0.3 is 0 Å². The highest BCUT2D eigenvalue weighted by molar-refractivity contribution is 7.86. The predicted molar refractivity (Wildman–Crippen MR) is 36.9 cm³/mol. The van der Waals surface area contributed by atoms with Crippen molar-refractivity contribution >= 4 is 16.4 Å². The Hall–Kier alpha value is -1.17. The van der Waals surface area contributed by atoms with E-state index in [1.807, 2.05) is 0 Å². The Labute approximate surface area is 63.2 Å². The molecular weight excluding hydrogens is 171 g/mol. The van der Waals surface area contributed by atoms with Gasteiger partial charge in [0.1, 0.15) is 0 Å². The molecule has 0 aliphatic heterocycles. The molecule has 0 spiro atoms. The Morgan fingerprint density at radius 3 is 2.73 bits per heavy atom. The van der Waals surface area contributed by atoms with E-state index in [0.29, 0.717) is 0 Å². The van der Waals surface area contributed by atoms with Gasteiger partial charge in [-0.05, 0) is 0 Å². The summed E-state index contributed by atoms with van der Waals surface area (Å²) >= 11 is 0. The van der Waals surface area contributed by atoms with Gasteiger partial charge in [-0.1, -0.05) is 10.5 Å². The van der Waals surface area contributed by atoms with Crippen LogP contribution in [-0.4, -0.2) is 18.0 Å². The maximum Gasteiger partial charge on any atom is 0.366 e. The van der Waals surface area contributed by atoms with Crippen molar-refractivity contribution in [3.63, 3.8) is 0 Å². The van der Waals surface area contributed by atoms with Crippen LogP contribution in [0.2, 0.25) is 0 Å². The first-order valence-electron chi connectivity index (χ1n) is 2.66. The molecule has 0 bridgehead atoms. The summed E-state index contributed by atoms with van der Waals surface area (Å²) in [6.07, 6.45) is 3.62. The SMILES string of the molecule is C=Cn1ccnc1S(=O)(=O)F. The maximum atomic E-state index is 12.2. The van der Waals surface area contributed by atoms with Crippen LogP contribution < -0.4 is 0 Å². The summed E-state index contributed by atoms with van der Waals surface area (Å²) in [5.41, 5.74) is 0. The number of aromatic nitrogens is 2. The van der Waals surface area contributed by atoms with E-state index in [9.17, 15) is 12.3 Å². The van der Waals surface area contributed by atoms with Crippen LogP contribution in [0.4, 0.5) is 3.89 Å². The number of nitrogens with zero attached hydrogens (tertiary/aromatic N) is 2. The van der Waals surface area contributed by atoms with Gasteiger partial charge in [-0.3, -0.25) is 4.57 Å². The van der Waals surface area contributed by atoms with Crippen molar-refractivity contribution < 1.29 is 12.3 Å². The second-order valence-corrected chi connectivity index (χ2v) is 2.98. The Bertz CT molecular complexity index is 368. The van der Waals surface area contributed by atoms with Gasteiger partial charge in [0.15, 0.2) is 0 Å². The van der Waals surface area contributed by atoms with Crippen LogP contribution in [0.5, 0.6) is 0 Å². The fourth-order valence-electron chi connectivity index (χ4n) is 0.627. The van der Waals surface area contributed by atoms with Gasteiger partial charge in [-0.25, -0.2) is 4.98 Å². The number of hydrogen-bond donors (Lipinski definition) is 0. The quantitative estimate of drug-likeness (QED) is 0.621. The Morgan fingerprint density at radius 2 is 2.36 bits per heavy atom. The molecule has 0 fully saturated rings. The zero-order chi connectivity index (χ0) is 8.48. The van der Waals surface area contributed by atoms with Gasteiger partial charge in [0.2, 0.25) is 0 Å². The van der Waals surface area contributed by atoms with Crippen molar-refractivity contribution in [2.75, 3.05) is 0 Å². The van der Waals surface area contributed by atoms with Crippen molar-refractivity contribution in [1.29, 1.82) is 0 Å². The molecule has 0 saturated carbocycles. The highest BCUT2D eigenvalue weighted by atomic mass is 32.3. The summed E-state index contributed by atoms with van der Waals surface area (Å²) in [4.78, 5) is 3.29. The molecule has 60 valence electrons. The van der Waals surface area contributed by atoms with Crippen LogP contribution >= 0.6 is 0 Å². The molecule has 0 radical (unpaired) electrons. The first kappa shape index (κ1) is 7.93. The van der Waals surface area contributed by atoms with Gasteiger partial charge in [-0.15, -0.1) is 0 Å². The molecule has 0 amide bonds. The Morgan fingerprint density at radius 1 is 1.73 bits per heavy atom. The number of hydrogen-bond acceptors (Lipinski definition) is 3. The molecule has 11 heavy (non-hydrogen) atoms. The first-order chi connectivity index (χ1) is 5.05. The Balaban J connectivity index is 3.35. The van der Waals surface area contributed by atoms with Gasteiger partial charge in [-0.2, -0.15) is 8.42 Å². The lowest BCUT2D eigenvalue weighted by Gasteiger charge is -1.93.